The highest BCUT2D eigenvalue weighted by Gasteiger charge is 2.36. The second kappa shape index (κ2) is 12.9. The van der Waals surface area contributed by atoms with Crippen LogP contribution in [-0.2, 0) is 20.8 Å². The fourth-order valence-electron chi connectivity index (χ4n) is 4.77. The molecule has 1 saturated heterocycles. The number of thiazole rings is 1. The lowest BCUT2D eigenvalue weighted by Crippen LogP contribution is -2.49. The average molecular weight is 542 g/mol. The zero-order valence-electron chi connectivity index (χ0n) is 21.9. The van der Waals surface area contributed by atoms with Crippen LogP contribution in [0.25, 0.3) is 0 Å². The van der Waals surface area contributed by atoms with E-state index in [-0.39, 0.29) is 37.2 Å². The van der Waals surface area contributed by atoms with E-state index in [4.69, 9.17) is 4.74 Å². The van der Waals surface area contributed by atoms with Crippen molar-refractivity contribution in [1.82, 2.24) is 25.4 Å². The molecule has 2 aliphatic rings. The standard InChI is InChI=1S/C27H35N5O5S/c1-18-17-38-23(29-18)10-5-13-28-26(35)20-11-12-24(33)32-14-6-8-21(32)27(36)31(2)15-16-37-22-9-4-3-7-19(22)25(34)30-20/h3-4,7,9,17,20-21H,5-6,8,10-16H2,1-2H3,(H,28,35)(H,30,34)/t20-,21+/m0/s1. The van der Waals surface area contributed by atoms with Crippen LogP contribution >= 0.6 is 11.3 Å². The summed E-state index contributed by atoms with van der Waals surface area (Å²) in [5, 5.41) is 8.72. The molecule has 11 heteroatoms. The van der Waals surface area contributed by atoms with Crippen molar-refractivity contribution in [2.45, 2.75) is 57.5 Å². The highest BCUT2D eigenvalue weighted by atomic mass is 32.1. The van der Waals surface area contributed by atoms with Gasteiger partial charge in [-0.25, -0.2) is 4.98 Å². The van der Waals surface area contributed by atoms with E-state index in [1.165, 1.54) is 0 Å². The van der Waals surface area contributed by atoms with Crippen molar-refractivity contribution in [1.29, 1.82) is 0 Å². The molecule has 38 heavy (non-hydrogen) atoms. The van der Waals surface area contributed by atoms with Gasteiger partial charge in [-0.05, 0) is 44.7 Å². The van der Waals surface area contributed by atoms with E-state index >= 15 is 0 Å². The third-order valence-corrected chi connectivity index (χ3v) is 7.88. The third-order valence-electron chi connectivity index (χ3n) is 6.85. The summed E-state index contributed by atoms with van der Waals surface area (Å²) in [7, 11) is 1.69. The predicted octanol–water partition coefficient (Wildman–Crippen LogP) is 1.92. The van der Waals surface area contributed by atoms with Gasteiger partial charge in [-0.1, -0.05) is 12.1 Å². The summed E-state index contributed by atoms with van der Waals surface area (Å²) in [6, 6.07) is 5.38. The number of nitrogens with zero attached hydrogens (tertiary/aromatic N) is 3. The lowest BCUT2D eigenvalue weighted by atomic mass is 10.1. The van der Waals surface area contributed by atoms with Gasteiger partial charge in [0, 0.05) is 44.1 Å². The number of amides is 4. The Morgan fingerprint density at radius 3 is 2.82 bits per heavy atom. The molecule has 1 aromatic carbocycles. The number of ether oxygens (including phenoxy) is 1. The molecule has 2 aliphatic heterocycles. The van der Waals surface area contributed by atoms with Crippen molar-refractivity contribution in [2.75, 3.05) is 33.3 Å². The smallest absolute Gasteiger partial charge is 0.255 e. The number of aromatic nitrogens is 1. The molecule has 2 atom stereocenters. The molecule has 0 bridgehead atoms. The largest absolute Gasteiger partial charge is 0.491 e. The molecular weight excluding hydrogens is 506 g/mol. The van der Waals surface area contributed by atoms with Gasteiger partial charge in [0.2, 0.25) is 17.7 Å². The summed E-state index contributed by atoms with van der Waals surface area (Å²) in [6.45, 7) is 3.38. The van der Waals surface area contributed by atoms with E-state index in [2.05, 4.69) is 15.6 Å². The second-order valence-corrected chi connectivity index (χ2v) is 10.6. The maximum absolute atomic E-state index is 13.2. The van der Waals surface area contributed by atoms with Crippen LogP contribution in [0.4, 0.5) is 0 Å². The minimum Gasteiger partial charge on any atom is -0.491 e. The number of aryl methyl sites for hydroxylation is 2. The molecule has 0 unspecified atom stereocenters. The van der Waals surface area contributed by atoms with E-state index in [9.17, 15) is 19.2 Å². The summed E-state index contributed by atoms with van der Waals surface area (Å²) in [4.78, 5) is 60.2. The number of nitrogens with one attached hydrogen (secondary N) is 2. The van der Waals surface area contributed by atoms with Gasteiger partial charge in [0.1, 0.15) is 24.4 Å². The Morgan fingerprint density at radius 1 is 1.21 bits per heavy atom. The van der Waals surface area contributed by atoms with Gasteiger partial charge in [0.25, 0.3) is 5.91 Å². The molecule has 0 saturated carbocycles. The first kappa shape index (κ1) is 27.6. The van der Waals surface area contributed by atoms with E-state index < -0.39 is 18.0 Å². The fraction of sp³-hybridized carbons (Fsp3) is 0.519. The normalized spacial score (nSPS) is 21.1. The summed E-state index contributed by atoms with van der Waals surface area (Å²) in [5.41, 5.74) is 1.27. The monoisotopic (exact) mass is 541 g/mol. The van der Waals surface area contributed by atoms with Crippen molar-refractivity contribution < 1.29 is 23.9 Å². The molecule has 0 radical (unpaired) electrons. The minimum absolute atomic E-state index is 0.0440. The highest BCUT2D eigenvalue weighted by molar-refractivity contribution is 7.09. The van der Waals surface area contributed by atoms with Crippen molar-refractivity contribution in [3.05, 3.63) is 45.9 Å². The predicted molar refractivity (Wildman–Crippen MR) is 143 cm³/mol. The molecule has 10 nitrogen and oxygen atoms in total. The molecule has 3 heterocycles. The van der Waals surface area contributed by atoms with Crippen LogP contribution in [0.1, 0.15) is 53.2 Å². The van der Waals surface area contributed by atoms with Crippen molar-refractivity contribution in [2.24, 2.45) is 0 Å². The van der Waals surface area contributed by atoms with Crippen LogP contribution < -0.4 is 15.4 Å². The lowest BCUT2D eigenvalue weighted by molar-refractivity contribution is -0.143. The first-order chi connectivity index (χ1) is 18.3. The number of hydrogen-bond acceptors (Lipinski definition) is 7. The van der Waals surface area contributed by atoms with Gasteiger partial charge in [-0.2, -0.15) is 0 Å². The number of fused-ring (bicyclic) bond motifs is 2. The van der Waals surface area contributed by atoms with Crippen LogP contribution in [0.2, 0.25) is 0 Å². The molecule has 4 amide bonds. The summed E-state index contributed by atoms with van der Waals surface area (Å²) >= 11 is 1.59. The summed E-state index contributed by atoms with van der Waals surface area (Å²) in [5.74, 6) is -0.742. The van der Waals surface area contributed by atoms with Gasteiger partial charge in [0.15, 0.2) is 0 Å². The number of rotatable bonds is 5. The molecule has 2 aromatic rings. The first-order valence-electron chi connectivity index (χ1n) is 13.1. The van der Waals surface area contributed by atoms with Gasteiger partial charge < -0.3 is 25.2 Å². The first-order valence-corrected chi connectivity index (χ1v) is 14.0. The van der Waals surface area contributed by atoms with Gasteiger partial charge in [0.05, 0.1) is 17.1 Å². The number of hydrogen-bond donors (Lipinski definition) is 2. The number of carbonyl (C=O) groups is 4. The zero-order chi connectivity index (χ0) is 27.1. The van der Waals surface area contributed by atoms with E-state index in [1.54, 1.807) is 52.4 Å². The number of carbonyl (C=O) groups excluding carboxylic acids is 4. The SMILES string of the molecule is Cc1csc(CCCNC(=O)[C@@H]2CCC(=O)N3CCC[C@@H]3C(=O)N(C)CCOc3ccccc3C(=O)N2)n1. The van der Waals surface area contributed by atoms with E-state index in [0.717, 1.165) is 23.5 Å². The molecule has 204 valence electrons. The van der Waals surface area contributed by atoms with Crippen LogP contribution in [0, 0.1) is 6.92 Å². The van der Waals surface area contributed by atoms with E-state index in [0.29, 0.717) is 43.8 Å². The Morgan fingerprint density at radius 2 is 2.03 bits per heavy atom. The lowest BCUT2D eigenvalue weighted by Gasteiger charge is -2.28. The average Bonchev–Trinajstić information content (AvgIpc) is 3.57. The van der Waals surface area contributed by atoms with Crippen LogP contribution in [-0.4, -0.2) is 83.8 Å². The number of likely N-dealkylation sites (N-methyl/N-ethyl adjacent to an activating group) is 1. The van der Waals surface area contributed by atoms with Gasteiger partial charge >= 0.3 is 0 Å². The van der Waals surface area contributed by atoms with Crippen molar-refractivity contribution >= 4 is 35.0 Å². The zero-order valence-corrected chi connectivity index (χ0v) is 22.7. The summed E-state index contributed by atoms with van der Waals surface area (Å²) in [6.07, 6.45) is 2.98. The number of para-hydroxylation sites is 1. The molecular formula is C27H35N5O5S. The molecule has 0 aliphatic carbocycles. The van der Waals surface area contributed by atoms with E-state index in [1.807, 2.05) is 12.3 Å². The Labute approximate surface area is 226 Å². The molecule has 2 N–H and O–H groups in total. The quantitative estimate of drug-likeness (QED) is 0.558. The van der Waals surface area contributed by atoms with Crippen LogP contribution in [0.3, 0.4) is 0 Å². The third kappa shape index (κ3) is 6.89. The minimum atomic E-state index is -0.911. The van der Waals surface area contributed by atoms with Crippen molar-refractivity contribution in [3.8, 4) is 5.75 Å². The van der Waals surface area contributed by atoms with Crippen LogP contribution in [0.5, 0.6) is 5.75 Å². The van der Waals surface area contributed by atoms with Crippen LogP contribution in [0.15, 0.2) is 29.6 Å². The van der Waals surface area contributed by atoms with Gasteiger partial charge in [-0.15, -0.1) is 11.3 Å². The maximum Gasteiger partial charge on any atom is 0.255 e. The Hall–Kier alpha value is -3.47. The maximum atomic E-state index is 13.2. The Balaban J connectivity index is 1.48. The molecule has 0 spiro atoms. The summed E-state index contributed by atoms with van der Waals surface area (Å²) < 4.78 is 5.86. The molecule has 1 aromatic heterocycles. The van der Waals surface area contributed by atoms with Crippen molar-refractivity contribution in [3.63, 3.8) is 0 Å². The molecule has 4 rings (SSSR count). The molecule has 1 fully saturated rings. The Kier molecular flexibility index (Phi) is 9.33. The second-order valence-electron chi connectivity index (χ2n) is 9.69. The topological polar surface area (TPSA) is 121 Å². The fourth-order valence-corrected chi connectivity index (χ4v) is 5.59. The van der Waals surface area contributed by atoms with Gasteiger partial charge in [-0.3, -0.25) is 19.2 Å². The Bertz CT molecular complexity index is 1170. The number of benzene rings is 1. The highest BCUT2D eigenvalue weighted by Crippen LogP contribution is 2.22.